The molecular formula is C22H22N2O4S. The van der Waals surface area contributed by atoms with Crippen molar-refractivity contribution >= 4 is 33.9 Å². The Labute approximate surface area is 173 Å². The van der Waals surface area contributed by atoms with Crippen molar-refractivity contribution in [2.75, 3.05) is 13.6 Å². The lowest BCUT2D eigenvalue weighted by Crippen LogP contribution is -2.50. The number of aliphatic hydroxyl groups is 2. The molecule has 0 unspecified atom stereocenters. The van der Waals surface area contributed by atoms with Gasteiger partial charge in [0.2, 0.25) is 0 Å². The number of nitrogens with zero attached hydrogens (tertiary/aromatic N) is 1. The van der Waals surface area contributed by atoms with Crippen molar-refractivity contribution in [2.45, 2.75) is 25.2 Å². The molecule has 6 nitrogen and oxygen atoms in total. The van der Waals surface area contributed by atoms with E-state index in [1.54, 1.807) is 6.07 Å². The Bertz CT molecular complexity index is 969. The number of benzene rings is 2. The van der Waals surface area contributed by atoms with Gasteiger partial charge < -0.3 is 20.4 Å². The first kappa shape index (κ1) is 20.8. The highest BCUT2D eigenvalue weighted by molar-refractivity contribution is 7.08. The molecule has 0 radical (unpaired) electrons. The lowest BCUT2D eigenvalue weighted by molar-refractivity contribution is -0.152. The van der Waals surface area contributed by atoms with Crippen LogP contribution in [0, 0.1) is 11.4 Å². The van der Waals surface area contributed by atoms with E-state index < -0.39 is 24.0 Å². The second-order valence-electron chi connectivity index (χ2n) is 6.72. The Morgan fingerprint density at radius 3 is 2.66 bits per heavy atom. The summed E-state index contributed by atoms with van der Waals surface area (Å²) in [7, 11) is 1.53. The first-order valence-electron chi connectivity index (χ1n) is 9.19. The number of likely N-dealkylation sites (N-methyl/N-ethyl adjacent to an activating group) is 1. The van der Waals surface area contributed by atoms with Crippen molar-refractivity contribution in [3.8, 4) is 0 Å². The van der Waals surface area contributed by atoms with Gasteiger partial charge in [0.05, 0.1) is 0 Å². The van der Waals surface area contributed by atoms with Gasteiger partial charge in [0.15, 0.2) is 12.2 Å². The van der Waals surface area contributed by atoms with Crippen LogP contribution in [0.15, 0.2) is 48.5 Å². The van der Waals surface area contributed by atoms with E-state index in [1.807, 2.05) is 42.5 Å². The zero-order chi connectivity index (χ0) is 20.8. The average Bonchev–Trinajstić information content (AvgIpc) is 3.25. The van der Waals surface area contributed by atoms with Gasteiger partial charge in [-0.25, -0.2) is 0 Å². The molecule has 3 rings (SSSR count). The van der Waals surface area contributed by atoms with Crippen molar-refractivity contribution in [2.24, 2.45) is 0 Å². The molecule has 7 heteroatoms. The number of carbonyl (C=O) groups excluding carboxylic acids is 2. The van der Waals surface area contributed by atoms with Crippen LogP contribution in [0.25, 0.3) is 10.8 Å². The van der Waals surface area contributed by atoms with Crippen molar-refractivity contribution in [1.29, 1.82) is 0 Å². The minimum atomic E-state index is -1.83. The maximum atomic E-state index is 12.5. The maximum absolute atomic E-state index is 12.5. The Kier molecular flexibility index (Phi) is 6.83. The van der Waals surface area contributed by atoms with Crippen LogP contribution in [0.1, 0.15) is 10.4 Å². The van der Waals surface area contributed by atoms with E-state index in [4.69, 9.17) is 0 Å². The summed E-state index contributed by atoms with van der Waals surface area (Å²) in [6.07, 6.45) is -3.11. The monoisotopic (exact) mass is 410 g/mol. The molecule has 150 valence electrons. The smallest absolute Gasteiger partial charge is 0.254 e. The molecule has 0 bridgehead atoms. The van der Waals surface area contributed by atoms with Crippen LogP contribution >= 0.6 is 11.3 Å². The first-order valence-corrected chi connectivity index (χ1v) is 10.0. The quantitative estimate of drug-likeness (QED) is 0.526. The van der Waals surface area contributed by atoms with Gasteiger partial charge in [-0.1, -0.05) is 59.9 Å². The third-order valence-corrected chi connectivity index (χ3v) is 5.43. The molecule has 3 aromatic rings. The molecule has 0 saturated heterocycles. The second-order valence-corrected chi connectivity index (χ2v) is 7.66. The summed E-state index contributed by atoms with van der Waals surface area (Å²) in [4.78, 5) is 26.9. The van der Waals surface area contributed by atoms with Gasteiger partial charge in [-0.15, -0.1) is 0 Å². The van der Waals surface area contributed by atoms with Crippen LogP contribution in [0.4, 0.5) is 0 Å². The molecule has 0 aliphatic carbocycles. The molecule has 2 atom stereocenters. The van der Waals surface area contributed by atoms with Crippen LogP contribution in [0.3, 0.4) is 0 Å². The van der Waals surface area contributed by atoms with Gasteiger partial charge in [0.25, 0.3) is 11.8 Å². The zero-order valence-corrected chi connectivity index (χ0v) is 16.8. The first-order chi connectivity index (χ1) is 14.0. The van der Waals surface area contributed by atoms with E-state index >= 15 is 0 Å². The van der Waals surface area contributed by atoms with E-state index in [0.717, 1.165) is 21.2 Å². The van der Waals surface area contributed by atoms with Crippen molar-refractivity contribution in [1.82, 2.24) is 10.2 Å². The number of rotatable bonds is 8. The normalized spacial score (nSPS) is 12.8. The highest BCUT2D eigenvalue weighted by atomic mass is 32.1. The van der Waals surface area contributed by atoms with E-state index in [1.165, 1.54) is 23.3 Å². The number of aliphatic hydroxyl groups excluding tert-OH is 2. The van der Waals surface area contributed by atoms with Crippen LogP contribution in [0.2, 0.25) is 0 Å². The Balaban J connectivity index is 1.57. The van der Waals surface area contributed by atoms with Gasteiger partial charge in [0, 0.05) is 37.5 Å². The predicted octanol–water partition coefficient (Wildman–Crippen LogP) is 1.54. The van der Waals surface area contributed by atoms with Crippen LogP contribution in [-0.2, 0) is 22.6 Å². The zero-order valence-electron chi connectivity index (χ0n) is 16.0. The third kappa shape index (κ3) is 5.12. The molecule has 3 N–H and O–H groups in total. The van der Waals surface area contributed by atoms with Crippen molar-refractivity contribution in [3.63, 3.8) is 0 Å². The molecule has 0 fully saturated rings. The lowest BCUT2D eigenvalue weighted by atomic mass is 10.0. The van der Waals surface area contributed by atoms with E-state index in [2.05, 4.69) is 16.8 Å². The highest BCUT2D eigenvalue weighted by Crippen LogP contribution is 2.20. The van der Waals surface area contributed by atoms with Crippen LogP contribution < -0.4 is 5.32 Å². The molecule has 2 amide bonds. The predicted molar refractivity (Wildman–Crippen MR) is 111 cm³/mol. The topological polar surface area (TPSA) is 89.9 Å². The van der Waals surface area contributed by atoms with E-state index in [9.17, 15) is 19.8 Å². The van der Waals surface area contributed by atoms with Crippen LogP contribution in [0.5, 0.6) is 0 Å². The number of carbonyl (C=O) groups is 2. The SMILES string of the molecule is CN(Cc1cccc2ccccc12)C(=O)[C@H](O)[C@@H](O)C(=O)NCCc1cc#cs1. The molecule has 1 aromatic heterocycles. The molecule has 29 heavy (non-hydrogen) atoms. The number of hydrogen-bond donors (Lipinski definition) is 3. The summed E-state index contributed by atoms with van der Waals surface area (Å²) >= 11 is 1.40. The molecule has 0 aliphatic rings. The Morgan fingerprint density at radius 1 is 1.14 bits per heavy atom. The number of hydrogen-bond acceptors (Lipinski definition) is 5. The Hall–Kier alpha value is -2.92. The molecular weight excluding hydrogens is 388 g/mol. The minimum absolute atomic E-state index is 0.247. The molecule has 0 saturated carbocycles. The number of fused-ring (bicyclic) bond motifs is 1. The largest absolute Gasteiger partial charge is 0.380 e. The average molecular weight is 410 g/mol. The summed E-state index contributed by atoms with van der Waals surface area (Å²) in [5.74, 6) is -1.50. The van der Waals surface area contributed by atoms with E-state index in [-0.39, 0.29) is 13.1 Å². The summed E-state index contributed by atoms with van der Waals surface area (Å²) in [6, 6.07) is 18.2. The molecule has 0 aliphatic heterocycles. The van der Waals surface area contributed by atoms with Crippen molar-refractivity contribution < 1.29 is 19.8 Å². The number of nitrogens with one attached hydrogen (secondary N) is 1. The lowest BCUT2D eigenvalue weighted by Gasteiger charge is -2.24. The maximum Gasteiger partial charge on any atom is 0.254 e. The van der Waals surface area contributed by atoms with Crippen LogP contribution in [-0.4, -0.2) is 52.7 Å². The molecule has 0 spiro atoms. The van der Waals surface area contributed by atoms with Crippen molar-refractivity contribution in [3.05, 3.63) is 70.4 Å². The third-order valence-electron chi connectivity index (χ3n) is 4.63. The van der Waals surface area contributed by atoms with Gasteiger partial charge in [0.1, 0.15) is 0 Å². The minimum Gasteiger partial charge on any atom is -0.380 e. The second kappa shape index (κ2) is 9.52. The highest BCUT2D eigenvalue weighted by Gasteiger charge is 2.32. The summed E-state index contributed by atoms with van der Waals surface area (Å²) in [5.41, 5.74) is 0.912. The summed E-state index contributed by atoms with van der Waals surface area (Å²) < 4.78 is 0. The van der Waals surface area contributed by atoms with Gasteiger partial charge >= 0.3 is 0 Å². The van der Waals surface area contributed by atoms with Gasteiger partial charge in [-0.05, 0) is 21.7 Å². The van der Waals surface area contributed by atoms with E-state index in [0.29, 0.717) is 6.42 Å². The summed E-state index contributed by atoms with van der Waals surface area (Å²) in [6.45, 7) is 0.530. The fourth-order valence-corrected chi connectivity index (χ4v) is 3.61. The standard InChI is InChI=1S/C22H22N2O4S/c1-24(14-16-8-4-7-15-6-2-3-10-18(15)16)22(28)20(26)19(25)21(27)23-12-11-17-9-5-13-29-17/h2-4,6-10,19-20,25-26H,11-12,14H2,1H3,(H,23,27)/t19-,20-/m1/s1. The Morgan fingerprint density at radius 2 is 1.90 bits per heavy atom. The number of amides is 2. The fraction of sp³-hybridized carbons (Fsp3) is 0.273. The summed E-state index contributed by atoms with van der Waals surface area (Å²) in [5, 5.41) is 27.7. The molecule has 1 heterocycles. The van der Waals surface area contributed by atoms with Gasteiger partial charge in [-0.2, -0.15) is 0 Å². The molecule has 2 aromatic carbocycles. The fourth-order valence-electron chi connectivity index (χ4n) is 3.04. The van der Waals surface area contributed by atoms with Gasteiger partial charge in [-0.3, -0.25) is 9.59 Å².